The largest absolute Gasteiger partial charge is 0.332 e. The van der Waals surface area contributed by atoms with Gasteiger partial charge < -0.3 is 10.2 Å². The molecule has 4 rings (SSSR count). The van der Waals surface area contributed by atoms with Gasteiger partial charge in [-0.05, 0) is 30.0 Å². The summed E-state index contributed by atoms with van der Waals surface area (Å²) < 4.78 is 0. The number of fused-ring (bicyclic) bond motifs is 1. The lowest BCUT2D eigenvalue weighted by molar-refractivity contribution is -0.122. The van der Waals surface area contributed by atoms with Gasteiger partial charge in [-0.25, -0.2) is 9.69 Å². The third-order valence-electron chi connectivity index (χ3n) is 4.39. The van der Waals surface area contributed by atoms with Gasteiger partial charge in [0.25, 0.3) is 11.8 Å². The molecule has 1 aromatic carbocycles. The number of para-hydroxylation sites is 1. The highest BCUT2D eigenvalue weighted by molar-refractivity contribution is 7.12. The maximum Gasteiger partial charge on any atom is 0.329 e. The predicted molar refractivity (Wildman–Crippen MR) is 90.0 cm³/mol. The summed E-state index contributed by atoms with van der Waals surface area (Å²) in [5.41, 5.74) is 0.508. The van der Waals surface area contributed by atoms with Crippen LogP contribution in [0.1, 0.15) is 16.1 Å². The van der Waals surface area contributed by atoms with Crippen molar-refractivity contribution in [2.75, 3.05) is 11.4 Å². The highest BCUT2D eigenvalue weighted by Crippen LogP contribution is 2.29. The van der Waals surface area contributed by atoms with Gasteiger partial charge in [0.05, 0.1) is 16.6 Å². The van der Waals surface area contributed by atoms with E-state index in [4.69, 9.17) is 0 Å². The second-order valence-electron chi connectivity index (χ2n) is 5.77. The molecular formula is C17H15N3O3S. The number of imide groups is 1. The fourth-order valence-electron chi connectivity index (χ4n) is 3.30. The standard InChI is InChI=1S/C17H15N3O3S/c21-15(13-7-4-10-24-13)19-9-8-12-14(19)16(22)20(17(23)18-12)11-5-2-1-3-6-11/h1-7,10,12,14H,8-9H2,(H,18,23)/t12-,14+/m1/s1. The summed E-state index contributed by atoms with van der Waals surface area (Å²) in [6.45, 7) is 0.459. The molecular weight excluding hydrogens is 326 g/mol. The van der Waals surface area contributed by atoms with Crippen LogP contribution in [0.25, 0.3) is 0 Å². The molecule has 0 bridgehead atoms. The van der Waals surface area contributed by atoms with Crippen molar-refractivity contribution in [2.24, 2.45) is 0 Å². The van der Waals surface area contributed by atoms with Gasteiger partial charge in [-0.15, -0.1) is 11.3 Å². The number of hydrogen-bond acceptors (Lipinski definition) is 4. The summed E-state index contributed by atoms with van der Waals surface area (Å²) in [4.78, 5) is 41.3. The van der Waals surface area contributed by atoms with Crippen molar-refractivity contribution in [1.29, 1.82) is 0 Å². The minimum absolute atomic E-state index is 0.157. The number of urea groups is 1. The van der Waals surface area contributed by atoms with Crippen LogP contribution in [0.4, 0.5) is 10.5 Å². The lowest BCUT2D eigenvalue weighted by Crippen LogP contribution is -2.65. The predicted octanol–water partition coefficient (Wildman–Crippen LogP) is 2.09. The molecule has 1 N–H and O–H groups in total. The Labute approximate surface area is 142 Å². The van der Waals surface area contributed by atoms with E-state index in [1.807, 2.05) is 17.5 Å². The molecule has 2 aliphatic heterocycles. The van der Waals surface area contributed by atoms with E-state index in [-0.39, 0.29) is 17.9 Å². The Bertz CT molecular complexity index is 791. The first-order chi connectivity index (χ1) is 11.7. The maximum atomic E-state index is 13.0. The van der Waals surface area contributed by atoms with Crippen molar-refractivity contribution >= 4 is 34.9 Å². The van der Waals surface area contributed by atoms with Crippen LogP contribution < -0.4 is 10.2 Å². The van der Waals surface area contributed by atoms with Gasteiger partial charge in [-0.3, -0.25) is 9.59 Å². The van der Waals surface area contributed by atoms with Crippen LogP contribution in [0.2, 0.25) is 0 Å². The lowest BCUT2D eigenvalue weighted by Gasteiger charge is -2.36. The second-order valence-corrected chi connectivity index (χ2v) is 6.72. The number of carbonyl (C=O) groups excluding carboxylic acids is 3. The number of hydrogen-bond donors (Lipinski definition) is 1. The first-order valence-electron chi connectivity index (χ1n) is 7.71. The summed E-state index contributed by atoms with van der Waals surface area (Å²) in [5, 5.41) is 4.70. The summed E-state index contributed by atoms with van der Waals surface area (Å²) in [5.74, 6) is -0.507. The first-order valence-corrected chi connectivity index (χ1v) is 8.59. The zero-order valence-electron chi connectivity index (χ0n) is 12.7. The van der Waals surface area contributed by atoms with Crippen LogP contribution in [0.5, 0.6) is 0 Å². The Morgan fingerprint density at radius 1 is 1.12 bits per heavy atom. The fourth-order valence-corrected chi connectivity index (χ4v) is 3.97. The minimum Gasteiger partial charge on any atom is -0.332 e. The maximum absolute atomic E-state index is 13.0. The smallest absolute Gasteiger partial charge is 0.329 e. The van der Waals surface area contributed by atoms with Crippen LogP contribution in [0, 0.1) is 0 Å². The van der Waals surface area contributed by atoms with Crippen molar-refractivity contribution < 1.29 is 14.4 Å². The number of nitrogens with zero attached hydrogens (tertiary/aromatic N) is 2. The number of carbonyl (C=O) groups is 3. The number of anilines is 1. The molecule has 0 radical (unpaired) electrons. The van der Waals surface area contributed by atoms with E-state index >= 15 is 0 Å². The van der Waals surface area contributed by atoms with Gasteiger partial charge in [-0.1, -0.05) is 24.3 Å². The Morgan fingerprint density at radius 2 is 1.92 bits per heavy atom. The van der Waals surface area contributed by atoms with Gasteiger partial charge in [-0.2, -0.15) is 0 Å². The molecule has 7 heteroatoms. The van der Waals surface area contributed by atoms with Gasteiger partial charge in [0.15, 0.2) is 0 Å². The quantitative estimate of drug-likeness (QED) is 0.909. The van der Waals surface area contributed by atoms with E-state index in [1.54, 1.807) is 35.2 Å². The van der Waals surface area contributed by atoms with Gasteiger partial charge in [0.1, 0.15) is 6.04 Å². The summed E-state index contributed by atoms with van der Waals surface area (Å²) in [6, 6.07) is 10.9. The average molecular weight is 341 g/mol. The average Bonchev–Trinajstić information content (AvgIpc) is 3.25. The molecule has 2 aliphatic rings. The molecule has 0 saturated carbocycles. The van der Waals surface area contributed by atoms with Crippen molar-refractivity contribution in [2.45, 2.75) is 18.5 Å². The summed E-state index contributed by atoms with van der Waals surface area (Å²) in [7, 11) is 0. The zero-order chi connectivity index (χ0) is 16.7. The molecule has 1 aromatic heterocycles. The second kappa shape index (κ2) is 5.76. The Kier molecular flexibility index (Phi) is 3.57. The molecule has 2 saturated heterocycles. The molecule has 2 fully saturated rings. The molecule has 0 unspecified atom stereocenters. The number of amides is 4. The van der Waals surface area contributed by atoms with Gasteiger partial charge >= 0.3 is 6.03 Å². The van der Waals surface area contributed by atoms with Gasteiger partial charge in [0, 0.05) is 6.54 Å². The highest BCUT2D eigenvalue weighted by atomic mass is 32.1. The lowest BCUT2D eigenvalue weighted by atomic mass is 10.0. The van der Waals surface area contributed by atoms with E-state index in [2.05, 4.69) is 5.32 Å². The minimum atomic E-state index is -0.655. The van der Waals surface area contributed by atoms with Crippen molar-refractivity contribution in [1.82, 2.24) is 10.2 Å². The first kappa shape index (κ1) is 14.9. The van der Waals surface area contributed by atoms with Crippen LogP contribution in [-0.2, 0) is 4.79 Å². The SMILES string of the molecule is O=C1N[C@@H]2CCN(C(=O)c3cccs3)[C@@H]2C(=O)N1c1ccccc1. The fraction of sp³-hybridized carbons (Fsp3) is 0.235. The number of likely N-dealkylation sites (tertiary alicyclic amines) is 1. The normalized spacial score (nSPS) is 23.2. The molecule has 122 valence electrons. The van der Waals surface area contributed by atoms with Crippen LogP contribution in [0.3, 0.4) is 0 Å². The van der Waals surface area contributed by atoms with E-state index in [0.29, 0.717) is 23.5 Å². The number of nitrogens with one attached hydrogen (secondary N) is 1. The number of rotatable bonds is 2. The van der Waals surface area contributed by atoms with Crippen LogP contribution in [0.15, 0.2) is 47.8 Å². The molecule has 4 amide bonds. The van der Waals surface area contributed by atoms with E-state index in [0.717, 1.165) is 4.90 Å². The molecule has 3 heterocycles. The van der Waals surface area contributed by atoms with E-state index in [1.165, 1.54) is 11.3 Å². The third-order valence-corrected chi connectivity index (χ3v) is 5.25. The zero-order valence-corrected chi connectivity index (χ0v) is 13.5. The Hall–Kier alpha value is -2.67. The van der Waals surface area contributed by atoms with Gasteiger partial charge in [0.2, 0.25) is 0 Å². The van der Waals surface area contributed by atoms with E-state index < -0.39 is 12.1 Å². The number of thiophene rings is 1. The Balaban J connectivity index is 1.66. The molecule has 2 atom stereocenters. The molecule has 0 spiro atoms. The molecule has 2 aromatic rings. The van der Waals surface area contributed by atoms with Crippen molar-refractivity contribution in [3.8, 4) is 0 Å². The molecule has 24 heavy (non-hydrogen) atoms. The highest BCUT2D eigenvalue weighted by Gasteiger charge is 2.50. The van der Waals surface area contributed by atoms with E-state index in [9.17, 15) is 14.4 Å². The van der Waals surface area contributed by atoms with Crippen molar-refractivity contribution in [3.63, 3.8) is 0 Å². The van der Waals surface area contributed by atoms with Crippen molar-refractivity contribution in [3.05, 3.63) is 52.7 Å². The summed E-state index contributed by atoms with van der Waals surface area (Å²) in [6.07, 6.45) is 0.585. The molecule has 0 aliphatic carbocycles. The van der Waals surface area contributed by atoms with Crippen LogP contribution >= 0.6 is 11.3 Å². The topological polar surface area (TPSA) is 69.7 Å². The molecule has 6 nitrogen and oxygen atoms in total. The van der Waals surface area contributed by atoms with Crippen LogP contribution in [-0.4, -0.2) is 41.4 Å². The summed E-state index contributed by atoms with van der Waals surface area (Å²) >= 11 is 1.35. The number of benzene rings is 1. The Morgan fingerprint density at radius 3 is 2.62 bits per heavy atom. The third kappa shape index (κ3) is 2.28. The monoisotopic (exact) mass is 341 g/mol.